The summed E-state index contributed by atoms with van der Waals surface area (Å²) in [6, 6.07) is 8.80. The number of ether oxygens (including phenoxy) is 1. The van der Waals surface area contributed by atoms with Gasteiger partial charge >= 0.3 is 0 Å². The van der Waals surface area contributed by atoms with Crippen molar-refractivity contribution >= 4 is 22.1 Å². The van der Waals surface area contributed by atoms with Crippen LogP contribution in [0.2, 0.25) is 0 Å². The second-order valence-electron chi connectivity index (χ2n) is 4.92. The van der Waals surface area contributed by atoms with Crippen LogP contribution in [-0.4, -0.2) is 7.11 Å². The van der Waals surface area contributed by atoms with E-state index in [2.05, 4.69) is 48.9 Å². The second kappa shape index (κ2) is 4.29. The van der Waals surface area contributed by atoms with Crippen molar-refractivity contribution in [2.24, 2.45) is 0 Å². The molecule has 0 bridgehead atoms. The van der Waals surface area contributed by atoms with E-state index in [1.165, 1.54) is 27.5 Å². The first-order valence-corrected chi connectivity index (χ1v) is 7.11. The van der Waals surface area contributed by atoms with Crippen LogP contribution in [0.25, 0.3) is 21.9 Å². The Morgan fingerprint density at radius 2 is 1.94 bits per heavy atom. The average Bonchev–Trinajstić information content (AvgIpc) is 2.85. The van der Waals surface area contributed by atoms with Crippen LogP contribution in [-0.2, 0) is 0 Å². The zero-order valence-electron chi connectivity index (χ0n) is 10.9. The van der Waals surface area contributed by atoms with Crippen molar-refractivity contribution < 1.29 is 4.74 Å². The molecule has 2 aliphatic rings. The summed E-state index contributed by atoms with van der Waals surface area (Å²) in [5.74, 6) is 1.49. The maximum atomic E-state index is 5.56. The van der Waals surface area contributed by atoms with E-state index < -0.39 is 0 Å². The summed E-state index contributed by atoms with van der Waals surface area (Å²) in [6.45, 7) is 4.44. The van der Waals surface area contributed by atoms with Gasteiger partial charge in [-0.15, -0.1) is 0 Å². The van der Waals surface area contributed by atoms with Gasteiger partial charge in [0.1, 0.15) is 5.75 Å². The van der Waals surface area contributed by atoms with Gasteiger partial charge in [-0.3, -0.25) is 0 Å². The minimum atomic E-state index is 0.525. The Kier molecular flexibility index (Phi) is 2.75. The molecule has 1 heterocycles. The summed E-state index contributed by atoms with van der Waals surface area (Å²) in [6.07, 6.45) is 0. The van der Waals surface area contributed by atoms with Gasteiger partial charge in [-0.2, -0.15) is 11.3 Å². The molecule has 1 aromatic rings. The van der Waals surface area contributed by atoms with Crippen LogP contribution in [0.4, 0.5) is 0 Å². The number of methoxy groups -OCH3 is 1. The third-order valence-corrected chi connectivity index (χ3v) is 4.21. The number of hydrogen-bond donors (Lipinski definition) is 0. The molecule has 0 unspecified atom stereocenters. The summed E-state index contributed by atoms with van der Waals surface area (Å²) in [4.78, 5) is 0. The van der Waals surface area contributed by atoms with Gasteiger partial charge in [-0.05, 0) is 45.3 Å². The molecular weight excluding hydrogens is 240 g/mol. The van der Waals surface area contributed by atoms with Crippen molar-refractivity contribution in [1.82, 2.24) is 0 Å². The number of thiophene rings is 1. The molecular formula is C16H16OS. The molecule has 92 valence electrons. The van der Waals surface area contributed by atoms with E-state index >= 15 is 0 Å². The lowest BCUT2D eigenvalue weighted by Crippen LogP contribution is -1.83. The van der Waals surface area contributed by atoms with Crippen LogP contribution in [0.15, 0.2) is 35.0 Å². The van der Waals surface area contributed by atoms with Gasteiger partial charge in [0.2, 0.25) is 0 Å². The molecule has 0 amide bonds. The van der Waals surface area contributed by atoms with Crippen molar-refractivity contribution in [3.8, 4) is 16.9 Å². The van der Waals surface area contributed by atoms with Crippen LogP contribution in [0.3, 0.4) is 0 Å². The van der Waals surface area contributed by atoms with Crippen molar-refractivity contribution in [3.63, 3.8) is 0 Å². The number of fused-ring (bicyclic) bond motifs is 3. The number of rotatable bonds is 2. The molecule has 3 rings (SSSR count). The van der Waals surface area contributed by atoms with Gasteiger partial charge in [-0.1, -0.05) is 26.0 Å². The summed E-state index contributed by atoms with van der Waals surface area (Å²) in [5, 5.41) is 7.02. The molecule has 1 nitrogen and oxygen atoms in total. The van der Waals surface area contributed by atoms with Crippen molar-refractivity contribution in [1.29, 1.82) is 0 Å². The van der Waals surface area contributed by atoms with Gasteiger partial charge in [0.15, 0.2) is 0 Å². The molecule has 0 aromatic carbocycles. The van der Waals surface area contributed by atoms with Crippen LogP contribution >= 0.6 is 11.3 Å². The lowest BCUT2D eigenvalue weighted by atomic mass is 10.0. The Morgan fingerprint density at radius 1 is 1.11 bits per heavy atom. The monoisotopic (exact) mass is 256 g/mol. The maximum Gasteiger partial charge on any atom is 0.127 e. The molecule has 2 heteroatoms. The summed E-state index contributed by atoms with van der Waals surface area (Å²) >= 11 is 1.75. The Bertz CT molecular complexity index is 666. The fourth-order valence-electron chi connectivity index (χ4n) is 2.42. The van der Waals surface area contributed by atoms with E-state index in [-0.39, 0.29) is 0 Å². The highest BCUT2D eigenvalue weighted by Crippen LogP contribution is 2.42. The molecule has 0 radical (unpaired) electrons. The van der Waals surface area contributed by atoms with Crippen LogP contribution in [0.5, 0.6) is 5.75 Å². The maximum absolute atomic E-state index is 5.56. The number of hydrogen-bond acceptors (Lipinski definition) is 2. The molecule has 0 saturated heterocycles. The Morgan fingerprint density at radius 3 is 2.67 bits per heavy atom. The third-order valence-electron chi connectivity index (χ3n) is 3.44. The molecule has 18 heavy (non-hydrogen) atoms. The standard InChI is InChI=1S/C16H16OS/c1-10(2)11-4-5-15(17-3)16-12(6-11)7-13-8-18-9-14(13)16/h4-10H,1-3H3. The lowest BCUT2D eigenvalue weighted by Gasteiger charge is -2.02. The summed E-state index contributed by atoms with van der Waals surface area (Å²) in [5.41, 5.74) is 3.86. The van der Waals surface area contributed by atoms with Crippen molar-refractivity contribution in [2.75, 3.05) is 7.11 Å². The summed E-state index contributed by atoms with van der Waals surface area (Å²) in [7, 11) is 1.75. The molecule has 0 N–H and O–H groups in total. The zero-order chi connectivity index (χ0) is 12.7. The first-order chi connectivity index (χ1) is 8.70. The minimum Gasteiger partial charge on any atom is -0.496 e. The largest absolute Gasteiger partial charge is 0.496 e. The highest BCUT2D eigenvalue weighted by Gasteiger charge is 2.15. The fourth-order valence-corrected chi connectivity index (χ4v) is 3.22. The topological polar surface area (TPSA) is 9.23 Å². The summed E-state index contributed by atoms with van der Waals surface area (Å²) < 4.78 is 5.56. The van der Waals surface area contributed by atoms with Crippen LogP contribution < -0.4 is 4.74 Å². The molecule has 0 atom stereocenters. The van der Waals surface area contributed by atoms with E-state index in [4.69, 9.17) is 4.74 Å². The smallest absolute Gasteiger partial charge is 0.127 e. The first kappa shape index (κ1) is 11.5. The van der Waals surface area contributed by atoms with E-state index in [0.29, 0.717) is 5.92 Å². The van der Waals surface area contributed by atoms with Crippen molar-refractivity contribution in [2.45, 2.75) is 19.8 Å². The van der Waals surface area contributed by atoms with E-state index in [1.807, 2.05) is 0 Å². The van der Waals surface area contributed by atoms with Gasteiger partial charge in [0, 0.05) is 10.9 Å². The Balaban J connectivity index is 2.38. The van der Waals surface area contributed by atoms with Crippen LogP contribution in [0, 0.1) is 0 Å². The van der Waals surface area contributed by atoms with E-state index in [0.717, 1.165) is 5.75 Å². The molecule has 0 aliphatic heterocycles. The van der Waals surface area contributed by atoms with Gasteiger partial charge in [0.05, 0.1) is 7.11 Å². The van der Waals surface area contributed by atoms with Gasteiger partial charge in [-0.25, -0.2) is 0 Å². The molecule has 0 fully saturated rings. The second-order valence-corrected chi connectivity index (χ2v) is 5.66. The van der Waals surface area contributed by atoms with Gasteiger partial charge in [0.25, 0.3) is 0 Å². The lowest BCUT2D eigenvalue weighted by molar-refractivity contribution is 0.417. The quantitative estimate of drug-likeness (QED) is 0.617. The van der Waals surface area contributed by atoms with Crippen molar-refractivity contribution in [3.05, 3.63) is 40.6 Å². The Labute approximate surface area is 111 Å². The van der Waals surface area contributed by atoms with Crippen LogP contribution in [0.1, 0.15) is 25.3 Å². The predicted octanol–water partition coefficient (Wildman–Crippen LogP) is 5.14. The van der Waals surface area contributed by atoms with E-state index in [9.17, 15) is 0 Å². The highest BCUT2D eigenvalue weighted by atomic mass is 32.1. The molecule has 0 saturated carbocycles. The average molecular weight is 256 g/mol. The third kappa shape index (κ3) is 1.68. The predicted molar refractivity (Wildman–Crippen MR) is 79.1 cm³/mol. The zero-order valence-corrected chi connectivity index (χ0v) is 11.7. The highest BCUT2D eigenvalue weighted by molar-refractivity contribution is 7.09. The fraction of sp³-hybridized carbons (Fsp3) is 0.250. The Hall–Kier alpha value is -1.54. The normalized spacial score (nSPS) is 11.6. The molecule has 2 aliphatic carbocycles. The molecule has 1 aromatic heterocycles. The van der Waals surface area contributed by atoms with Gasteiger partial charge < -0.3 is 4.74 Å². The molecule has 0 spiro atoms. The minimum absolute atomic E-state index is 0.525. The van der Waals surface area contributed by atoms with E-state index in [1.54, 1.807) is 18.4 Å². The SMILES string of the molecule is COc1ccc(C(C)C)cc2cc3cscc3c1-2. The first-order valence-electron chi connectivity index (χ1n) is 6.17.